The van der Waals surface area contributed by atoms with Crippen molar-refractivity contribution in [2.75, 3.05) is 11.9 Å². The van der Waals surface area contributed by atoms with Crippen molar-refractivity contribution in [2.24, 2.45) is 5.92 Å². The maximum atomic E-state index is 10.7. The molecule has 1 aliphatic carbocycles. The molecule has 2 rings (SSSR count). The van der Waals surface area contributed by atoms with Crippen molar-refractivity contribution in [3.8, 4) is 0 Å². The van der Waals surface area contributed by atoms with Gasteiger partial charge in [0.15, 0.2) is 0 Å². The summed E-state index contributed by atoms with van der Waals surface area (Å²) in [6, 6.07) is 3.34. The third-order valence-corrected chi connectivity index (χ3v) is 2.08. The molecule has 3 nitrogen and oxygen atoms in total. The van der Waals surface area contributed by atoms with Gasteiger partial charge in [-0.05, 0) is 24.8 Å². The number of nitrogens with one attached hydrogen (secondary N) is 2. The Morgan fingerprint density at radius 3 is 2.92 bits per heavy atom. The van der Waals surface area contributed by atoms with Crippen LogP contribution in [-0.4, -0.2) is 11.5 Å². The van der Waals surface area contributed by atoms with E-state index in [1.54, 1.807) is 12.3 Å². The molecule has 0 unspecified atom stereocenters. The monoisotopic (exact) mass is 164 g/mol. The van der Waals surface area contributed by atoms with Gasteiger partial charge in [0.2, 0.25) is 5.56 Å². The van der Waals surface area contributed by atoms with Gasteiger partial charge in [-0.1, -0.05) is 0 Å². The lowest BCUT2D eigenvalue weighted by Crippen LogP contribution is -2.07. The minimum absolute atomic E-state index is 0.0491. The van der Waals surface area contributed by atoms with Gasteiger partial charge in [-0.15, -0.1) is 0 Å². The molecule has 0 aromatic carbocycles. The first kappa shape index (κ1) is 7.40. The van der Waals surface area contributed by atoms with Gasteiger partial charge in [-0.2, -0.15) is 0 Å². The van der Waals surface area contributed by atoms with Gasteiger partial charge in [-0.3, -0.25) is 4.79 Å². The summed E-state index contributed by atoms with van der Waals surface area (Å²) in [6.45, 7) is 1.03. The number of hydrogen-bond donors (Lipinski definition) is 2. The maximum absolute atomic E-state index is 10.7. The van der Waals surface area contributed by atoms with Crippen LogP contribution in [0.4, 0.5) is 5.69 Å². The van der Waals surface area contributed by atoms with Gasteiger partial charge in [0, 0.05) is 18.8 Å². The van der Waals surface area contributed by atoms with E-state index >= 15 is 0 Å². The lowest BCUT2D eigenvalue weighted by Gasteiger charge is -2.02. The summed E-state index contributed by atoms with van der Waals surface area (Å²) in [4.78, 5) is 13.3. The first-order valence-electron chi connectivity index (χ1n) is 4.27. The lowest BCUT2D eigenvalue weighted by molar-refractivity contribution is 0.888. The molecule has 0 atom stereocenters. The SMILES string of the molecule is O=c1ccc(NCC2CC2)c[nH]1. The van der Waals surface area contributed by atoms with Crippen molar-refractivity contribution in [1.82, 2.24) is 4.98 Å². The van der Waals surface area contributed by atoms with E-state index in [1.807, 2.05) is 0 Å². The third-order valence-electron chi connectivity index (χ3n) is 2.08. The zero-order valence-electron chi connectivity index (χ0n) is 6.84. The fourth-order valence-electron chi connectivity index (χ4n) is 1.10. The number of aromatic amines is 1. The van der Waals surface area contributed by atoms with E-state index in [9.17, 15) is 4.79 Å². The quantitative estimate of drug-likeness (QED) is 0.705. The summed E-state index contributed by atoms with van der Waals surface area (Å²) in [5.74, 6) is 0.858. The molecular weight excluding hydrogens is 152 g/mol. The molecule has 0 spiro atoms. The zero-order valence-corrected chi connectivity index (χ0v) is 6.84. The van der Waals surface area contributed by atoms with E-state index < -0.39 is 0 Å². The van der Waals surface area contributed by atoms with Crippen LogP contribution in [0.1, 0.15) is 12.8 Å². The van der Waals surface area contributed by atoms with Gasteiger partial charge in [0.05, 0.1) is 5.69 Å². The second-order valence-electron chi connectivity index (χ2n) is 3.27. The average molecular weight is 164 g/mol. The number of H-pyrrole nitrogens is 1. The van der Waals surface area contributed by atoms with Crippen LogP contribution < -0.4 is 10.9 Å². The predicted molar refractivity (Wildman–Crippen MR) is 48.3 cm³/mol. The summed E-state index contributed by atoms with van der Waals surface area (Å²) in [5, 5.41) is 3.26. The van der Waals surface area contributed by atoms with Crippen LogP contribution in [0.3, 0.4) is 0 Å². The molecule has 1 aromatic rings. The van der Waals surface area contributed by atoms with Gasteiger partial charge in [-0.25, -0.2) is 0 Å². The van der Waals surface area contributed by atoms with Gasteiger partial charge in [0.1, 0.15) is 0 Å². The predicted octanol–water partition coefficient (Wildman–Crippen LogP) is 1.20. The molecular formula is C9H12N2O. The molecule has 2 N–H and O–H groups in total. The number of aromatic nitrogens is 1. The second kappa shape index (κ2) is 3.01. The Hall–Kier alpha value is -1.25. The largest absolute Gasteiger partial charge is 0.384 e. The molecule has 12 heavy (non-hydrogen) atoms. The molecule has 1 saturated carbocycles. The van der Waals surface area contributed by atoms with Crippen LogP contribution >= 0.6 is 0 Å². The van der Waals surface area contributed by atoms with Crippen molar-refractivity contribution in [1.29, 1.82) is 0 Å². The summed E-state index contributed by atoms with van der Waals surface area (Å²) in [5.41, 5.74) is 0.952. The summed E-state index contributed by atoms with van der Waals surface area (Å²) < 4.78 is 0. The van der Waals surface area contributed by atoms with Crippen molar-refractivity contribution >= 4 is 5.69 Å². The summed E-state index contributed by atoms with van der Waals surface area (Å²) in [7, 11) is 0. The van der Waals surface area contributed by atoms with E-state index in [4.69, 9.17) is 0 Å². The molecule has 1 aliphatic rings. The topological polar surface area (TPSA) is 44.9 Å². The van der Waals surface area contributed by atoms with Crippen LogP contribution in [0.5, 0.6) is 0 Å². The Morgan fingerprint density at radius 1 is 1.50 bits per heavy atom. The van der Waals surface area contributed by atoms with Crippen LogP contribution in [-0.2, 0) is 0 Å². The van der Waals surface area contributed by atoms with Crippen LogP contribution in [0.2, 0.25) is 0 Å². The van der Waals surface area contributed by atoms with Crippen molar-refractivity contribution < 1.29 is 0 Å². The normalized spacial score (nSPS) is 16.0. The molecule has 0 aliphatic heterocycles. The Labute approximate surface area is 70.8 Å². The molecule has 1 fully saturated rings. The Balaban J connectivity index is 1.93. The summed E-state index contributed by atoms with van der Waals surface area (Å²) in [6.07, 6.45) is 4.40. The van der Waals surface area contributed by atoms with Gasteiger partial charge < -0.3 is 10.3 Å². The number of pyridine rings is 1. The van der Waals surface area contributed by atoms with E-state index in [0.717, 1.165) is 18.2 Å². The maximum Gasteiger partial charge on any atom is 0.248 e. The van der Waals surface area contributed by atoms with Gasteiger partial charge in [0.25, 0.3) is 0 Å². The van der Waals surface area contributed by atoms with Crippen molar-refractivity contribution in [3.05, 3.63) is 28.7 Å². The number of rotatable bonds is 3. The molecule has 1 heterocycles. The first-order chi connectivity index (χ1) is 5.84. The standard InChI is InChI=1S/C9H12N2O/c12-9-4-3-8(6-11-9)10-5-7-1-2-7/h3-4,6-7,10H,1-2,5H2,(H,11,12). The Morgan fingerprint density at radius 2 is 2.33 bits per heavy atom. The molecule has 1 aromatic heterocycles. The number of hydrogen-bond acceptors (Lipinski definition) is 2. The number of anilines is 1. The fourth-order valence-corrected chi connectivity index (χ4v) is 1.10. The highest BCUT2D eigenvalue weighted by molar-refractivity contribution is 5.39. The second-order valence-corrected chi connectivity index (χ2v) is 3.27. The Bertz CT molecular complexity index is 294. The van der Waals surface area contributed by atoms with E-state index in [2.05, 4.69) is 10.3 Å². The van der Waals surface area contributed by atoms with E-state index in [-0.39, 0.29) is 5.56 Å². The lowest BCUT2D eigenvalue weighted by atomic mass is 10.3. The van der Waals surface area contributed by atoms with E-state index in [1.165, 1.54) is 18.9 Å². The minimum Gasteiger partial charge on any atom is -0.384 e. The molecule has 3 heteroatoms. The van der Waals surface area contributed by atoms with Gasteiger partial charge >= 0.3 is 0 Å². The molecule has 0 bridgehead atoms. The average Bonchev–Trinajstić information content (AvgIpc) is 2.87. The first-order valence-corrected chi connectivity index (χ1v) is 4.27. The minimum atomic E-state index is -0.0491. The molecule has 0 radical (unpaired) electrons. The molecule has 0 saturated heterocycles. The smallest absolute Gasteiger partial charge is 0.248 e. The Kier molecular flexibility index (Phi) is 1.86. The van der Waals surface area contributed by atoms with Crippen LogP contribution in [0, 0.1) is 5.92 Å². The van der Waals surface area contributed by atoms with Crippen molar-refractivity contribution in [2.45, 2.75) is 12.8 Å². The zero-order chi connectivity index (χ0) is 8.39. The third kappa shape index (κ3) is 1.87. The van der Waals surface area contributed by atoms with E-state index in [0.29, 0.717) is 0 Å². The van der Waals surface area contributed by atoms with Crippen LogP contribution in [0.25, 0.3) is 0 Å². The highest BCUT2D eigenvalue weighted by Gasteiger charge is 2.20. The highest BCUT2D eigenvalue weighted by Crippen LogP contribution is 2.28. The molecule has 64 valence electrons. The summed E-state index contributed by atoms with van der Waals surface area (Å²) >= 11 is 0. The molecule has 0 amide bonds. The van der Waals surface area contributed by atoms with Crippen LogP contribution in [0.15, 0.2) is 23.1 Å². The highest BCUT2D eigenvalue weighted by atomic mass is 16.1. The van der Waals surface area contributed by atoms with Crippen molar-refractivity contribution in [3.63, 3.8) is 0 Å². The fraction of sp³-hybridized carbons (Fsp3) is 0.444.